The van der Waals surface area contributed by atoms with Gasteiger partial charge in [-0.15, -0.1) is 64.2 Å². The topological polar surface area (TPSA) is 0 Å². The van der Waals surface area contributed by atoms with Gasteiger partial charge >= 0.3 is 41.9 Å². The van der Waals surface area contributed by atoms with Gasteiger partial charge in [-0.05, 0) is 5.56 Å². The molecule has 0 nitrogen and oxygen atoms in total. The van der Waals surface area contributed by atoms with Gasteiger partial charge in [-0.2, -0.15) is 17.5 Å². The van der Waals surface area contributed by atoms with Crippen LogP contribution < -0.4 is 24.8 Å². The van der Waals surface area contributed by atoms with Crippen molar-refractivity contribution in [3.8, 4) is 22.3 Å². The van der Waals surface area contributed by atoms with Crippen molar-refractivity contribution < 1.29 is 48.1 Å². The Morgan fingerprint density at radius 2 is 1.17 bits per heavy atom. The second-order valence-corrected chi connectivity index (χ2v) is 17.8. The molecule has 6 rings (SSSR count). The summed E-state index contributed by atoms with van der Waals surface area (Å²) in [5, 5.41) is 5.28. The van der Waals surface area contributed by atoms with Gasteiger partial charge in [0.1, 0.15) is 0 Å². The summed E-state index contributed by atoms with van der Waals surface area (Å²) < 4.78 is 0. The third kappa shape index (κ3) is 8.15. The summed E-state index contributed by atoms with van der Waals surface area (Å²) in [5.74, 6) is 0. The first-order valence-electron chi connectivity index (χ1n) is 11.5. The van der Waals surface area contributed by atoms with Gasteiger partial charge in [0.2, 0.25) is 0 Å². The summed E-state index contributed by atoms with van der Waals surface area (Å²) in [6, 6.07) is 46.9. The summed E-state index contributed by atoms with van der Waals surface area (Å²) in [6.45, 7) is 4.62. The third-order valence-corrected chi connectivity index (χ3v) is 5.49. The number of hydrogen-bond donors (Lipinski definition) is 0. The molecule has 0 saturated heterocycles. The molecule has 0 fully saturated rings. The summed E-state index contributed by atoms with van der Waals surface area (Å²) in [7, 11) is 0. The van der Waals surface area contributed by atoms with E-state index < -0.39 is 0 Å². The van der Waals surface area contributed by atoms with Crippen LogP contribution in [0, 0.1) is 0 Å². The Balaban J connectivity index is 0.000000255. The Morgan fingerprint density at radius 1 is 0.611 bits per heavy atom. The van der Waals surface area contributed by atoms with E-state index >= 15 is 0 Å². The van der Waals surface area contributed by atoms with Gasteiger partial charge < -0.3 is 24.8 Å². The molecule has 0 aliphatic carbocycles. The quantitative estimate of drug-likeness (QED) is 0.211. The third-order valence-electron chi connectivity index (χ3n) is 5.49. The summed E-state index contributed by atoms with van der Waals surface area (Å²) in [4.78, 5) is 0. The zero-order chi connectivity index (χ0) is 23.8. The number of fused-ring (bicyclic) bond motifs is 2. The standard InChI is InChI=1S/C21H15.C9H7.C2H6Si.2ClH.Zr/c1-3-8-16(9-4-1)19-14-18-12-7-13-20(21(18)15-19)17-10-5-2-6-11-17;1-2-5-9-7-3-6-8(9)4-1;1-3-2;;;/h1-15H;1-7H;1-2H3;2*1H;/q2*-1;;;;+2/p-2. The van der Waals surface area contributed by atoms with E-state index in [2.05, 4.69) is 147 Å². The van der Waals surface area contributed by atoms with Crippen LogP contribution >= 0.6 is 0 Å². The molecule has 0 amide bonds. The Labute approximate surface area is 242 Å². The van der Waals surface area contributed by atoms with Crippen molar-refractivity contribution in [2.24, 2.45) is 0 Å². The maximum absolute atomic E-state index is 2.31. The molecule has 0 spiro atoms. The molecule has 4 heteroatoms. The molecule has 0 atom stereocenters. The van der Waals surface area contributed by atoms with Crippen molar-refractivity contribution in [1.29, 1.82) is 0 Å². The molecule has 0 N–H and O–H groups in total. The predicted octanol–water partition coefficient (Wildman–Crippen LogP) is 3.24. The number of halogens is 2. The molecule has 36 heavy (non-hydrogen) atoms. The van der Waals surface area contributed by atoms with Crippen molar-refractivity contribution in [3.63, 3.8) is 0 Å². The molecule has 180 valence electrons. The molecule has 0 aliphatic heterocycles. The molecular weight excluding hydrogens is 575 g/mol. The van der Waals surface area contributed by atoms with Crippen molar-refractivity contribution in [2.75, 3.05) is 0 Å². The van der Waals surface area contributed by atoms with Crippen LogP contribution in [-0.2, 0) is 23.3 Å². The smallest absolute Gasteiger partial charge is 0.0259 e. The van der Waals surface area contributed by atoms with Gasteiger partial charge in [0.15, 0.2) is 0 Å². The molecule has 0 bridgehead atoms. The monoisotopic (exact) mass is 600 g/mol. The number of hydrogen-bond acceptors (Lipinski definition) is 0. The maximum atomic E-state index is 2.31. The first-order valence-corrected chi connectivity index (χ1v) is 17.7. The Bertz CT molecular complexity index is 1450. The van der Waals surface area contributed by atoms with E-state index in [4.69, 9.17) is 0 Å². The molecule has 6 aromatic carbocycles. The normalized spacial score (nSPS) is 9.67. The van der Waals surface area contributed by atoms with Gasteiger partial charge in [0.25, 0.3) is 0 Å². The molecule has 0 unspecified atom stereocenters. The predicted molar refractivity (Wildman–Crippen MR) is 147 cm³/mol. The second kappa shape index (κ2) is 15.1. The van der Waals surface area contributed by atoms with Crippen molar-refractivity contribution in [1.82, 2.24) is 0 Å². The van der Waals surface area contributed by atoms with Gasteiger partial charge in [-0.25, -0.2) is 0 Å². The fourth-order valence-corrected chi connectivity index (χ4v) is 3.97. The van der Waals surface area contributed by atoms with Crippen molar-refractivity contribution >= 4 is 27.0 Å². The van der Waals surface area contributed by atoms with Gasteiger partial charge in [0, 0.05) is 0 Å². The Kier molecular flexibility index (Phi) is 12.6. The summed E-state index contributed by atoms with van der Waals surface area (Å²) in [5.41, 5.74) is 5.34. The molecule has 0 saturated carbocycles. The van der Waals surface area contributed by atoms with Gasteiger partial charge in [0.05, 0.1) is 0 Å². The van der Waals surface area contributed by atoms with Crippen LogP contribution in [0.4, 0.5) is 0 Å². The largest absolute Gasteiger partial charge is 1.00 e. The minimum atomic E-state index is 0. The Hall–Kier alpha value is -2.22. The van der Waals surface area contributed by atoms with E-state index in [1.54, 1.807) is 23.3 Å². The van der Waals surface area contributed by atoms with Gasteiger partial charge in [-0.3, -0.25) is 0 Å². The Morgan fingerprint density at radius 3 is 1.81 bits per heavy atom. The SMILES string of the molecule is C[Si](C)=[Zr+2].[Cl-].[Cl-].c1ccc(-c2cc3c(-c4ccccc4)cccc3[cH-]2)cc1.c1ccc2[cH-]ccc2c1. The summed E-state index contributed by atoms with van der Waals surface area (Å²) >= 11 is 1.74. The number of benzene rings is 4. The first kappa shape index (κ1) is 30.0. The maximum Gasteiger partial charge on any atom is -0.0259 e. The van der Waals surface area contributed by atoms with Crippen LogP contribution in [0.3, 0.4) is 0 Å². The van der Waals surface area contributed by atoms with Crippen molar-refractivity contribution in [2.45, 2.75) is 13.1 Å². The second-order valence-electron chi connectivity index (χ2n) is 8.44. The molecular formula is C32H28Cl2SiZr-2. The molecule has 0 aromatic heterocycles. The van der Waals surface area contributed by atoms with E-state index in [1.807, 2.05) is 0 Å². The first-order chi connectivity index (χ1) is 16.6. The van der Waals surface area contributed by atoms with Crippen LogP contribution in [0.25, 0.3) is 43.8 Å². The van der Waals surface area contributed by atoms with Crippen molar-refractivity contribution in [3.05, 3.63) is 133 Å². The van der Waals surface area contributed by atoms with E-state index in [0.717, 1.165) is 0 Å². The zero-order valence-electron chi connectivity index (χ0n) is 20.5. The zero-order valence-corrected chi connectivity index (χ0v) is 25.4. The van der Waals surface area contributed by atoms with Gasteiger partial charge in [-0.1, -0.05) is 90.0 Å². The minimum Gasteiger partial charge on any atom is -1.00 e. The van der Waals surface area contributed by atoms with Crippen LogP contribution in [0.15, 0.2) is 133 Å². The number of rotatable bonds is 2. The fraction of sp³-hybridized carbons (Fsp3) is 0.0625. The average molecular weight is 603 g/mol. The van der Waals surface area contributed by atoms with Crippen LogP contribution in [0.5, 0.6) is 0 Å². The van der Waals surface area contributed by atoms with Crippen LogP contribution in [-0.4, -0.2) is 5.43 Å². The van der Waals surface area contributed by atoms with E-state index in [0.29, 0.717) is 0 Å². The van der Waals surface area contributed by atoms with E-state index in [-0.39, 0.29) is 30.2 Å². The van der Waals surface area contributed by atoms with E-state index in [1.165, 1.54) is 43.8 Å². The fourth-order valence-electron chi connectivity index (χ4n) is 3.97. The minimum absolute atomic E-state index is 0. The molecule has 0 aliphatic rings. The van der Waals surface area contributed by atoms with Crippen LogP contribution in [0.2, 0.25) is 13.1 Å². The van der Waals surface area contributed by atoms with E-state index in [9.17, 15) is 0 Å². The molecule has 0 heterocycles. The summed E-state index contributed by atoms with van der Waals surface area (Å²) in [6.07, 6.45) is 0. The molecule has 6 aromatic rings. The molecule has 0 radical (unpaired) electrons. The average Bonchev–Trinajstić information content (AvgIpc) is 3.52. The van der Waals surface area contributed by atoms with Crippen LogP contribution in [0.1, 0.15) is 0 Å².